The van der Waals surface area contributed by atoms with Crippen LogP contribution in [0, 0.1) is 22.6 Å². The van der Waals surface area contributed by atoms with Gasteiger partial charge in [-0.15, -0.1) is 0 Å². The summed E-state index contributed by atoms with van der Waals surface area (Å²) in [6, 6.07) is 8.91. The van der Waals surface area contributed by atoms with Crippen molar-refractivity contribution in [3.05, 3.63) is 30.1 Å². The highest BCUT2D eigenvalue weighted by Crippen LogP contribution is 2.44. The van der Waals surface area contributed by atoms with Crippen LogP contribution in [-0.2, 0) is 0 Å². The summed E-state index contributed by atoms with van der Waals surface area (Å²) in [6.07, 6.45) is 0.951. The Labute approximate surface area is 112 Å². The van der Waals surface area contributed by atoms with Crippen LogP contribution in [0.5, 0.6) is 0 Å². The molecule has 1 aromatic carbocycles. The van der Waals surface area contributed by atoms with Gasteiger partial charge in [0, 0.05) is 11.2 Å². The first-order valence-electron chi connectivity index (χ1n) is 6.02. The lowest BCUT2D eigenvalue weighted by atomic mass is 9.71. The van der Waals surface area contributed by atoms with Gasteiger partial charge in [-0.05, 0) is 24.3 Å². The van der Waals surface area contributed by atoms with E-state index in [0.29, 0.717) is 11.4 Å². The molecule has 2 nitrogen and oxygen atoms in total. The van der Waals surface area contributed by atoms with Crippen LogP contribution in [0.25, 0.3) is 0 Å². The van der Waals surface area contributed by atoms with E-state index in [-0.39, 0.29) is 11.2 Å². The third kappa shape index (κ3) is 2.20. The number of para-hydroxylation sites is 1. The van der Waals surface area contributed by atoms with Gasteiger partial charge in [0.15, 0.2) is 0 Å². The van der Waals surface area contributed by atoms with Gasteiger partial charge in [0.1, 0.15) is 11.4 Å². The predicted molar refractivity (Wildman–Crippen MR) is 74.1 cm³/mol. The lowest BCUT2D eigenvalue weighted by Crippen LogP contribution is -2.54. The topological polar surface area (TPSA) is 35.8 Å². The van der Waals surface area contributed by atoms with E-state index < -0.39 is 5.54 Å². The average Bonchev–Trinajstić information content (AvgIpc) is 2.34. The lowest BCUT2D eigenvalue weighted by Gasteiger charge is -2.46. The number of nitriles is 1. The van der Waals surface area contributed by atoms with Gasteiger partial charge in [0.25, 0.3) is 0 Å². The Kier molecular flexibility index (Phi) is 3.54. The molecule has 1 N–H and O–H groups in total. The summed E-state index contributed by atoms with van der Waals surface area (Å²) in [5, 5.41) is 12.7. The number of halogens is 1. The Morgan fingerprint density at radius 2 is 2.11 bits per heavy atom. The quantitative estimate of drug-likeness (QED) is 0.885. The van der Waals surface area contributed by atoms with E-state index in [1.54, 1.807) is 30.0 Å². The summed E-state index contributed by atoms with van der Waals surface area (Å²) in [5.41, 5.74) is -0.470. The molecule has 1 aliphatic rings. The molecule has 4 heteroatoms. The van der Waals surface area contributed by atoms with Crippen molar-refractivity contribution in [3.8, 4) is 6.07 Å². The van der Waals surface area contributed by atoms with Crippen molar-refractivity contribution in [2.75, 3.05) is 16.8 Å². The highest BCUT2D eigenvalue weighted by molar-refractivity contribution is 7.99. The largest absolute Gasteiger partial charge is 0.364 e. The van der Waals surface area contributed by atoms with E-state index >= 15 is 0 Å². The molecule has 0 saturated carbocycles. The van der Waals surface area contributed by atoms with Gasteiger partial charge >= 0.3 is 0 Å². The Hall–Kier alpha value is -1.21. The standard InChI is InChI=1S/C14H17FN2S/c1-13(2)7-8-18-10-14(13,9-16)17-12-6-4-3-5-11(12)15/h3-6,17H,7-8,10H2,1-2H3. The number of nitrogens with one attached hydrogen (secondary N) is 1. The summed E-state index contributed by atoms with van der Waals surface area (Å²) in [7, 11) is 0. The Balaban J connectivity index is 2.34. The van der Waals surface area contributed by atoms with E-state index in [0.717, 1.165) is 12.2 Å². The zero-order chi connectivity index (χ0) is 13.2. The van der Waals surface area contributed by atoms with Crippen molar-refractivity contribution in [2.24, 2.45) is 5.41 Å². The first-order valence-corrected chi connectivity index (χ1v) is 7.18. The van der Waals surface area contributed by atoms with E-state index in [4.69, 9.17) is 0 Å². The Morgan fingerprint density at radius 1 is 1.39 bits per heavy atom. The molecule has 0 spiro atoms. The fraction of sp³-hybridized carbons (Fsp3) is 0.500. The number of benzene rings is 1. The summed E-state index contributed by atoms with van der Waals surface area (Å²) in [6.45, 7) is 4.15. The van der Waals surface area contributed by atoms with Gasteiger partial charge in [-0.2, -0.15) is 17.0 Å². The molecule has 0 aliphatic carbocycles. The summed E-state index contributed by atoms with van der Waals surface area (Å²) < 4.78 is 13.7. The van der Waals surface area contributed by atoms with Crippen molar-refractivity contribution in [1.82, 2.24) is 0 Å². The molecule has 1 heterocycles. The maximum atomic E-state index is 13.7. The van der Waals surface area contributed by atoms with Crippen LogP contribution < -0.4 is 5.32 Å². The highest BCUT2D eigenvalue weighted by atomic mass is 32.2. The maximum Gasteiger partial charge on any atom is 0.146 e. The number of anilines is 1. The third-order valence-electron chi connectivity index (χ3n) is 3.76. The number of thioether (sulfide) groups is 1. The van der Waals surface area contributed by atoms with Crippen molar-refractivity contribution in [3.63, 3.8) is 0 Å². The van der Waals surface area contributed by atoms with Gasteiger partial charge < -0.3 is 5.32 Å². The molecule has 18 heavy (non-hydrogen) atoms. The lowest BCUT2D eigenvalue weighted by molar-refractivity contribution is 0.247. The molecule has 0 bridgehead atoms. The number of hydrogen-bond donors (Lipinski definition) is 1. The highest BCUT2D eigenvalue weighted by Gasteiger charge is 2.48. The Bertz CT molecular complexity index is 481. The predicted octanol–water partition coefficient (Wildman–Crippen LogP) is 3.66. The average molecular weight is 264 g/mol. The van der Waals surface area contributed by atoms with E-state index in [2.05, 4.69) is 25.2 Å². The second-order valence-corrected chi connectivity index (χ2v) is 6.41. The molecular formula is C14H17FN2S. The van der Waals surface area contributed by atoms with Gasteiger partial charge in [-0.3, -0.25) is 0 Å². The summed E-state index contributed by atoms with van der Waals surface area (Å²) in [5.74, 6) is 1.43. The van der Waals surface area contributed by atoms with Gasteiger partial charge in [-0.25, -0.2) is 4.39 Å². The van der Waals surface area contributed by atoms with Crippen LogP contribution in [0.15, 0.2) is 24.3 Å². The molecule has 1 saturated heterocycles. The molecule has 1 fully saturated rings. The molecule has 0 aromatic heterocycles. The van der Waals surface area contributed by atoms with Crippen LogP contribution >= 0.6 is 11.8 Å². The zero-order valence-corrected chi connectivity index (χ0v) is 11.5. The smallest absolute Gasteiger partial charge is 0.146 e. The number of hydrogen-bond acceptors (Lipinski definition) is 3. The monoisotopic (exact) mass is 264 g/mol. The fourth-order valence-corrected chi connectivity index (χ4v) is 3.80. The molecule has 0 radical (unpaired) electrons. The number of nitrogens with zero attached hydrogens (tertiary/aromatic N) is 1. The van der Waals surface area contributed by atoms with E-state index in [1.807, 2.05) is 0 Å². The third-order valence-corrected chi connectivity index (χ3v) is 4.89. The fourth-order valence-electron chi connectivity index (χ4n) is 2.17. The van der Waals surface area contributed by atoms with E-state index in [1.165, 1.54) is 6.07 Å². The second-order valence-electron chi connectivity index (χ2n) is 5.31. The van der Waals surface area contributed by atoms with Crippen molar-refractivity contribution >= 4 is 17.4 Å². The van der Waals surface area contributed by atoms with Gasteiger partial charge in [0.2, 0.25) is 0 Å². The summed E-state index contributed by atoms with van der Waals surface area (Å²) >= 11 is 1.75. The molecule has 1 aliphatic heterocycles. The minimum Gasteiger partial charge on any atom is -0.364 e. The number of rotatable bonds is 2. The second kappa shape index (κ2) is 4.81. The maximum absolute atomic E-state index is 13.7. The first kappa shape index (κ1) is 13.2. The molecule has 1 atom stereocenters. The molecule has 0 amide bonds. The van der Waals surface area contributed by atoms with Crippen molar-refractivity contribution in [1.29, 1.82) is 5.26 Å². The van der Waals surface area contributed by atoms with Crippen LogP contribution in [0.3, 0.4) is 0 Å². The molecule has 2 rings (SSSR count). The van der Waals surface area contributed by atoms with Gasteiger partial charge in [-0.1, -0.05) is 26.0 Å². The SMILES string of the molecule is CC1(C)CCSCC1(C#N)Nc1ccccc1F. The minimum atomic E-state index is -0.710. The minimum absolute atomic E-state index is 0.171. The summed E-state index contributed by atoms with van der Waals surface area (Å²) in [4.78, 5) is 0. The van der Waals surface area contributed by atoms with E-state index in [9.17, 15) is 9.65 Å². The van der Waals surface area contributed by atoms with Crippen LogP contribution in [0.4, 0.5) is 10.1 Å². The molecule has 1 aromatic rings. The van der Waals surface area contributed by atoms with Crippen molar-refractivity contribution < 1.29 is 4.39 Å². The van der Waals surface area contributed by atoms with Crippen LogP contribution in [0.2, 0.25) is 0 Å². The van der Waals surface area contributed by atoms with Crippen LogP contribution in [-0.4, -0.2) is 17.0 Å². The van der Waals surface area contributed by atoms with Crippen molar-refractivity contribution in [2.45, 2.75) is 25.8 Å². The molecule has 96 valence electrons. The normalized spacial score (nSPS) is 26.3. The zero-order valence-electron chi connectivity index (χ0n) is 10.7. The molecule has 1 unspecified atom stereocenters. The Morgan fingerprint density at radius 3 is 2.72 bits per heavy atom. The first-order chi connectivity index (χ1) is 8.51. The van der Waals surface area contributed by atoms with Crippen LogP contribution in [0.1, 0.15) is 20.3 Å². The molecular weight excluding hydrogens is 247 g/mol. The van der Waals surface area contributed by atoms with Gasteiger partial charge in [0.05, 0.1) is 11.8 Å².